The van der Waals surface area contributed by atoms with Crippen molar-refractivity contribution in [3.8, 4) is 17.2 Å². The van der Waals surface area contributed by atoms with Gasteiger partial charge in [0.15, 0.2) is 11.5 Å². The van der Waals surface area contributed by atoms with Gasteiger partial charge in [0, 0.05) is 52.9 Å². The number of amides is 3. The number of benzene rings is 2. The summed E-state index contributed by atoms with van der Waals surface area (Å²) in [5.41, 5.74) is 1.57. The molecule has 2 atom stereocenters. The fourth-order valence-electron chi connectivity index (χ4n) is 5.74. The molecule has 3 aliphatic heterocycles. The highest BCUT2D eigenvalue weighted by Gasteiger charge is 2.35. The van der Waals surface area contributed by atoms with E-state index in [1.165, 1.54) is 19.2 Å². The van der Waals surface area contributed by atoms with Crippen molar-refractivity contribution in [1.29, 1.82) is 0 Å². The molecule has 2 aromatic carbocycles. The van der Waals surface area contributed by atoms with Gasteiger partial charge < -0.3 is 34.1 Å². The number of piperidine rings is 1. The van der Waals surface area contributed by atoms with Crippen LogP contribution < -0.4 is 20.3 Å². The van der Waals surface area contributed by atoms with Crippen LogP contribution in [0.3, 0.4) is 0 Å². The molecule has 0 spiro atoms. The molecule has 6 rings (SSSR count). The fraction of sp³-hybridized carbons (Fsp3) is 0.441. The maximum atomic E-state index is 13.5. The smallest absolute Gasteiger partial charge is 0.274 e. The number of ether oxygens (including phenoxy) is 4. The van der Waals surface area contributed by atoms with E-state index in [0.717, 1.165) is 15.8 Å². The number of aromatic nitrogens is 2. The van der Waals surface area contributed by atoms with E-state index in [0.29, 0.717) is 56.2 Å². The Morgan fingerprint density at radius 1 is 1.04 bits per heavy atom. The Kier molecular flexibility index (Phi) is 11.2. The lowest BCUT2D eigenvalue weighted by molar-refractivity contribution is -0.137. The van der Waals surface area contributed by atoms with Crippen LogP contribution in [-0.4, -0.2) is 96.5 Å². The number of likely N-dealkylation sites (tertiary alicyclic amines) is 1. The number of nitrogens with one attached hydrogen (secondary N) is 1. The van der Waals surface area contributed by atoms with E-state index < -0.39 is 12.1 Å². The average Bonchev–Trinajstić information content (AvgIpc) is 3.07. The van der Waals surface area contributed by atoms with Crippen molar-refractivity contribution in [3.05, 3.63) is 81.8 Å². The summed E-state index contributed by atoms with van der Waals surface area (Å²) in [7, 11) is 4.65. The monoisotopic (exact) mass is 647 g/mol. The van der Waals surface area contributed by atoms with Gasteiger partial charge in [-0.2, -0.15) is 5.10 Å². The van der Waals surface area contributed by atoms with Gasteiger partial charge in [0.25, 0.3) is 11.5 Å². The highest BCUT2D eigenvalue weighted by atomic mass is 16.5. The van der Waals surface area contributed by atoms with E-state index >= 15 is 0 Å². The molecular formula is C34H41N5O8. The lowest BCUT2D eigenvalue weighted by Gasteiger charge is -2.39. The number of hydrogen-bond acceptors (Lipinski definition) is 9. The molecule has 3 aliphatic rings. The van der Waals surface area contributed by atoms with Crippen molar-refractivity contribution < 1.29 is 33.3 Å². The highest BCUT2D eigenvalue weighted by Crippen LogP contribution is 2.33. The summed E-state index contributed by atoms with van der Waals surface area (Å²) in [5, 5.41) is 7.16. The van der Waals surface area contributed by atoms with Gasteiger partial charge in [-0.3, -0.25) is 19.2 Å². The zero-order valence-corrected chi connectivity index (χ0v) is 27.0. The summed E-state index contributed by atoms with van der Waals surface area (Å²) in [4.78, 5) is 55.3. The number of hydrogen-bond donors (Lipinski definition) is 1. The third kappa shape index (κ3) is 8.74. The van der Waals surface area contributed by atoms with Gasteiger partial charge in [-0.05, 0) is 60.7 Å². The molecule has 13 nitrogen and oxygen atoms in total. The van der Waals surface area contributed by atoms with E-state index in [4.69, 9.17) is 18.9 Å². The number of fused-ring (bicyclic) bond motifs is 9. The zero-order chi connectivity index (χ0) is 33.3. The van der Waals surface area contributed by atoms with Gasteiger partial charge in [-0.25, -0.2) is 4.68 Å². The topological polar surface area (TPSA) is 142 Å². The predicted molar refractivity (Wildman–Crippen MR) is 171 cm³/mol. The molecule has 250 valence electrons. The van der Waals surface area contributed by atoms with Gasteiger partial charge in [0.05, 0.1) is 32.4 Å². The molecule has 0 saturated carbocycles. The summed E-state index contributed by atoms with van der Waals surface area (Å²) < 4.78 is 24.4. The lowest BCUT2D eigenvalue weighted by atomic mass is 10.0. The predicted octanol–water partition coefficient (Wildman–Crippen LogP) is 2.31. The molecule has 1 aromatic heterocycles. The highest BCUT2D eigenvalue weighted by molar-refractivity contribution is 5.92. The van der Waals surface area contributed by atoms with Crippen molar-refractivity contribution in [3.63, 3.8) is 0 Å². The van der Waals surface area contributed by atoms with Gasteiger partial charge in [0.2, 0.25) is 11.8 Å². The van der Waals surface area contributed by atoms with Crippen molar-refractivity contribution in [2.24, 2.45) is 7.05 Å². The second-order valence-electron chi connectivity index (χ2n) is 11.6. The van der Waals surface area contributed by atoms with Gasteiger partial charge in [-0.15, -0.1) is 0 Å². The summed E-state index contributed by atoms with van der Waals surface area (Å²) in [5.74, 6) is 0.809. The average molecular weight is 648 g/mol. The quantitative estimate of drug-likeness (QED) is 0.399. The second kappa shape index (κ2) is 15.7. The van der Waals surface area contributed by atoms with Gasteiger partial charge >= 0.3 is 0 Å². The first kappa shape index (κ1) is 33.6. The van der Waals surface area contributed by atoms with Gasteiger partial charge in [-0.1, -0.05) is 18.2 Å². The fourth-order valence-corrected chi connectivity index (χ4v) is 5.74. The largest absolute Gasteiger partial charge is 0.493 e. The van der Waals surface area contributed by atoms with Crippen LogP contribution in [0.4, 0.5) is 0 Å². The van der Waals surface area contributed by atoms with E-state index in [9.17, 15) is 19.2 Å². The van der Waals surface area contributed by atoms with Crippen LogP contribution in [0.15, 0.2) is 59.4 Å². The molecule has 1 N–H and O–H groups in total. The molecule has 1 fully saturated rings. The van der Waals surface area contributed by atoms with Crippen LogP contribution in [0.25, 0.3) is 0 Å². The minimum atomic E-state index is -0.565. The van der Waals surface area contributed by atoms with E-state index in [-0.39, 0.29) is 55.1 Å². The number of carbonyl (C=O) groups excluding carboxylic acids is 3. The number of methoxy groups -OCH3 is 2. The van der Waals surface area contributed by atoms with Crippen molar-refractivity contribution >= 4 is 17.7 Å². The Balaban J connectivity index is 1.41. The first-order valence-electron chi connectivity index (χ1n) is 15.7. The molecule has 3 amide bonds. The maximum absolute atomic E-state index is 13.5. The number of nitrogens with zero attached hydrogens (tertiary/aromatic N) is 4. The number of rotatable bonds is 6. The van der Waals surface area contributed by atoms with E-state index in [2.05, 4.69) is 10.4 Å². The zero-order valence-electron chi connectivity index (χ0n) is 27.0. The summed E-state index contributed by atoms with van der Waals surface area (Å²) >= 11 is 0. The standard InChI is InChI=1S/C34H41N5O8/c1-37-32(41)13-10-26(36-37)34(43)39-16-14-28-27(20-39)35-31(40)21-38(15-5-17-44-2)33(42)12-9-23-8-11-29(30(19-23)45-3)47-25-7-4-6-24(18-25)22-46-28/h4,6-8,10-11,13,18-19,27-28H,5,9,12,14-17,20-22H2,1-3H3,(H,35,40)/t27-,28+/m0/s1. The first-order chi connectivity index (χ1) is 22.7. The van der Waals surface area contributed by atoms with Crippen LogP contribution in [0.1, 0.15) is 40.9 Å². The van der Waals surface area contributed by atoms with E-state index in [1.54, 1.807) is 24.0 Å². The Bertz CT molecular complexity index is 1640. The second-order valence-corrected chi connectivity index (χ2v) is 11.6. The molecule has 4 bridgehead atoms. The van der Waals surface area contributed by atoms with Crippen LogP contribution >= 0.6 is 0 Å². The van der Waals surface area contributed by atoms with Crippen molar-refractivity contribution in [2.75, 3.05) is 47.0 Å². The Morgan fingerprint density at radius 3 is 2.68 bits per heavy atom. The van der Waals surface area contributed by atoms with Crippen LogP contribution in [0, 0.1) is 0 Å². The molecule has 47 heavy (non-hydrogen) atoms. The van der Waals surface area contributed by atoms with Crippen molar-refractivity contribution in [2.45, 2.75) is 44.4 Å². The number of carbonyl (C=O) groups is 3. The normalized spacial score (nSPS) is 19.1. The molecule has 0 radical (unpaired) electrons. The van der Waals surface area contributed by atoms with Crippen LogP contribution in [0.2, 0.25) is 0 Å². The Hall–Kier alpha value is -4.75. The maximum Gasteiger partial charge on any atom is 0.274 e. The van der Waals surface area contributed by atoms with E-state index in [1.807, 2.05) is 42.5 Å². The third-order valence-corrected chi connectivity index (χ3v) is 8.27. The molecule has 3 aromatic rings. The molecule has 1 saturated heterocycles. The summed E-state index contributed by atoms with van der Waals surface area (Å²) in [6, 6.07) is 15.2. The van der Waals surface area contributed by atoms with Crippen molar-refractivity contribution in [1.82, 2.24) is 24.9 Å². The molecule has 0 unspecified atom stereocenters. The molecular weight excluding hydrogens is 606 g/mol. The van der Waals surface area contributed by atoms with Crippen LogP contribution in [-0.2, 0) is 39.1 Å². The summed E-state index contributed by atoms with van der Waals surface area (Å²) in [6.07, 6.45) is 1.22. The minimum absolute atomic E-state index is 0.131. The van der Waals surface area contributed by atoms with Crippen LogP contribution in [0.5, 0.6) is 17.2 Å². The Labute approximate surface area is 273 Å². The first-order valence-corrected chi connectivity index (χ1v) is 15.7. The third-order valence-electron chi connectivity index (χ3n) is 8.27. The molecule has 13 heteroatoms. The SMILES string of the molecule is COCCCN1CC(=O)N[C@H]2CN(C(=O)c3ccc(=O)n(C)n3)CC[C@H]2OCc2cccc(c2)Oc2ccc(cc2OC)CCC1=O. The number of aryl methyl sites for hydroxylation is 2. The lowest BCUT2D eigenvalue weighted by Crippen LogP contribution is -2.58. The Morgan fingerprint density at radius 2 is 1.89 bits per heavy atom. The summed E-state index contributed by atoms with van der Waals surface area (Å²) in [6.45, 7) is 1.40. The molecule has 0 aliphatic carbocycles. The van der Waals surface area contributed by atoms with Gasteiger partial charge in [0.1, 0.15) is 11.4 Å². The minimum Gasteiger partial charge on any atom is -0.493 e. The molecule has 4 heterocycles.